The number of para-hydroxylation sites is 4. The number of halogens is 2. The first-order valence-electron chi connectivity index (χ1n) is 14.5. The average Bonchev–Trinajstić information content (AvgIpc) is 3.40. The molecule has 5 aromatic rings. The number of pyridine rings is 1. The smallest absolute Gasteiger partial charge is 0.146 e. The minimum Gasteiger partial charge on any atom is -0.367 e. The normalized spacial score (nSPS) is 16.7. The Bertz CT molecular complexity index is 1670. The van der Waals surface area contributed by atoms with Crippen molar-refractivity contribution in [1.82, 2.24) is 14.3 Å². The van der Waals surface area contributed by atoms with Crippen LogP contribution in [0.1, 0.15) is 5.56 Å². The van der Waals surface area contributed by atoms with E-state index in [9.17, 15) is 8.78 Å². The zero-order valence-electron chi connectivity index (χ0n) is 23.1. The van der Waals surface area contributed by atoms with E-state index >= 15 is 0 Å². The minimum absolute atomic E-state index is 0.151. The van der Waals surface area contributed by atoms with Gasteiger partial charge in [-0.05, 0) is 54.4 Å². The monoisotopic (exact) mass is 552 g/mol. The van der Waals surface area contributed by atoms with Gasteiger partial charge in [0.25, 0.3) is 0 Å². The zero-order valence-corrected chi connectivity index (χ0v) is 23.1. The summed E-state index contributed by atoms with van der Waals surface area (Å²) < 4.78 is 31.2. The van der Waals surface area contributed by atoms with Crippen LogP contribution < -0.4 is 14.7 Å². The quantitative estimate of drug-likeness (QED) is 0.279. The Morgan fingerprint density at radius 1 is 0.585 bits per heavy atom. The van der Waals surface area contributed by atoms with Gasteiger partial charge in [0, 0.05) is 58.9 Å². The van der Waals surface area contributed by atoms with Gasteiger partial charge in [-0.2, -0.15) is 0 Å². The highest BCUT2D eigenvalue weighted by Crippen LogP contribution is 2.30. The van der Waals surface area contributed by atoms with Gasteiger partial charge >= 0.3 is 0 Å². The van der Waals surface area contributed by atoms with Gasteiger partial charge in [-0.25, -0.2) is 13.8 Å². The molecule has 210 valence electrons. The van der Waals surface area contributed by atoms with Gasteiger partial charge in [0.1, 0.15) is 23.1 Å². The molecule has 2 fully saturated rings. The number of imidazole rings is 1. The molecule has 2 aliphatic rings. The topological polar surface area (TPSA) is 30.3 Å². The third-order valence-electron chi connectivity index (χ3n) is 8.55. The summed E-state index contributed by atoms with van der Waals surface area (Å²) in [5.74, 6) is 0.871. The van der Waals surface area contributed by atoms with Crippen molar-refractivity contribution in [3.63, 3.8) is 0 Å². The van der Waals surface area contributed by atoms with E-state index in [-0.39, 0.29) is 11.6 Å². The molecular weight excluding hydrogens is 518 g/mol. The van der Waals surface area contributed by atoms with Crippen LogP contribution in [0, 0.1) is 11.6 Å². The van der Waals surface area contributed by atoms with E-state index in [4.69, 9.17) is 4.98 Å². The molecule has 0 spiro atoms. The van der Waals surface area contributed by atoms with E-state index in [0.717, 1.165) is 82.0 Å². The third-order valence-corrected chi connectivity index (χ3v) is 8.55. The standard InChI is InChI=1S/C33H34F2N6/c34-26-7-1-4-10-29(26)38-19-17-37(18-20-38)16-15-25-13-14-32-36-28-9-3-6-12-31(28)41(32)33(25)40-23-21-39(22-24-40)30-11-5-2-8-27(30)35/h1-14H,15-24H2. The molecule has 0 unspecified atom stereocenters. The summed E-state index contributed by atoms with van der Waals surface area (Å²) >= 11 is 0. The molecular formula is C33H34F2N6. The van der Waals surface area contributed by atoms with Gasteiger partial charge in [-0.3, -0.25) is 9.30 Å². The summed E-state index contributed by atoms with van der Waals surface area (Å²) in [6.07, 6.45) is 0.908. The van der Waals surface area contributed by atoms with Gasteiger partial charge in [0.2, 0.25) is 0 Å². The molecule has 2 saturated heterocycles. The highest BCUT2D eigenvalue weighted by atomic mass is 19.1. The second-order valence-corrected chi connectivity index (χ2v) is 10.9. The van der Waals surface area contributed by atoms with Crippen LogP contribution in [-0.2, 0) is 6.42 Å². The zero-order chi connectivity index (χ0) is 27.8. The highest BCUT2D eigenvalue weighted by molar-refractivity contribution is 5.83. The molecule has 0 N–H and O–H groups in total. The molecule has 0 aliphatic carbocycles. The first-order chi connectivity index (χ1) is 20.2. The van der Waals surface area contributed by atoms with Crippen molar-refractivity contribution in [3.05, 3.63) is 102 Å². The number of aromatic nitrogens is 2. The molecule has 4 heterocycles. The molecule has 2 aliphatic heterocycles. The molecule has 2 aromatic heterocycles. The molecule has 0 saturated carbocycles. The molecule has 7 rings (SSSR count). The summed E-state index contributed by atoms with van der Waals surface area (Å²) in [5.41, 5.74) is 5.70. The van der Waals surface area contributed by atoms with Crippen molar-refractivity contribution in [2.24, 2.45) is 0 Å². The maximum atomic E-state index is 14.5. The third kappa shape index (κ3) is 4.97. The number of anilines is 3. The Kier molecular flexibility index (Phi) is 6.92. The van der Waals surface area contributed by atoms with Gasteiger partial charge in [-0.15, -0.1) is 0 Å². The second-order valence-electron chi connectivity index (χ2n) is 10.9. The summed E-state index contributed by atoms with van der Waals surface area (Å²) in [4.78, 5) is 14.1. The minimum atomic E-state index is -0.167. The summed E-state index contributed by atoms with van der Waals surface area (Å²) in [6, 6.07) is 26.8. The van der Waals surface area contributed by atoms with E-state index in [1.54, 1.807) is 12.1 Å². The van der Waals surface area contributed by atoms with Crippen molar-refractivity contribution in [2.75, 3.05) is 73.6 Å². The largest absolute Gasteiger partial charge is 0.367 e. The number of nitrogens with zero attached hydrogens (tertiary/aromatic N) is 6. The maximum absolute atomic E-state index is 14.5. The van der Waals surface area contributed by atoms with Crippen LogP contribution in [0.15, 0.2) is 84.9 Å². The number of rotatable bonds is 6. The van der Waals surface area contributed by atoms with Crippen LogP contribution in [0.4, 0.5) is 26.0 Å². The molecule has 0 bridgehead atoms. The van der Waals surface area contributed by atoms with Crippen molar-refractivity contribution in [3.8, 4) is 0 Å². The molecule has 0 radical (unpaired) electrons. The first-order valence-corrected chi connectivity index (χ1v) is 14.5. The van der Waals surface area contributed by atoms with Crippen LogP contribution in [0.25, 0.3) is 16.7 Å². The first kappa shape index (κ1) is 25.8. The number of hydrogen-bond acceptors (Lipinski definition) is 5. The summed E-state index contributed by atoms with van der Waals surface area (Å²) in [5, 5.41) is 0. The Morgan fingerprint density at radius 3 is 1.80 bits per heavy atom. The van der Waals surface area contributed by atoms with E-state index in [1.165, 1.54) is 23.5 Å². The number of benzene rings is 3. The lowest BCUT2D eigenvalue weighted by Gasteiger charge is -2.39. The predicted octanol–water partition coefficient (Wildman–Crippen LogP) is 5.46. The van der Waals surface area contributed by atoms with Crippen LogP contribution in [-0.4, -0.2) is 73.2 Å². The van der Waals surface area contributed by atoms with Crippen molar-refractivity contribution >= 4 is 33.9 Å². The molecule has 8 heteroatoms. The lowest BCUT2D eigenvalue weighted by atomic mass is 10.1. The Morgan fingerprint density at radius 2 is 1.15 bits per heavy atom. The lowest BCUT2D eigenvalue weighted by molar-refractivity contribution is 0.260. The number of piperazine rings is 2. The Labute approximate surface area is 239 Å². The maximum Gasteiger partial charge on any atom is 0.146 e. The van der Waals surface area contributed by atoms with Gasteiger partial charge < -0.3 is 14.7 Å². The van der Waals surface area contributed by atoms with E-state index in [0.29, 0.717) is 11.4 Å². The second kappa shape index (κ2) is 11.0. The molecule has 41 heavy (non-hydrogen) atoms. The lowest BCUT2D eigenvalue weighted by Crippen LogP contribution is -2.48. The van der Waals surface area contributed by atoms with Gasteiger partial charge in [-0.1, -0.05) is 42.5 Å². The van der Waals surface area contributed by atoms with Crippen LogP contribution >= 0.6 is 0 Å². The van der Waals surface area contributed by atoms with Crippen LogP contribution in [0.5, 0.6) is 0 Å². The number of hydrogen-bond donors (Lipinski definition) is 0. The fraction of sp³-hybridized carbons (Fsp3) is 0.303. The number of fused-ring (bicyclic) bond motifs is 3. The average molecular weight is 553 g/mol. The fourth-order valence-electron chi connectivity index (χ4n) is 6.38. The van der Waals surface area contributed by atoms with Crippen LogP contribution in [0.3, 0.4) is 0 Å². The molecule has 0 amide bonds. The van der Waals surface area contributed by atoms with E-state index in [2.05, 4.69) is 54.3 Å². The molecule has 3 aromatic carbocycles. The summed E-state index contributed by atoms with van der Waals surface area (Å²) in [7, 11) is 0. The van der Waals surface area contributed by atoms with Crippen molar-refractivity contribution < 1.29 is 8.78 Å². The molecule has 0 atom stereocenters. The SMILES string of the molecule is Fc1ccccc1N1CCN(CCc2ccc3nc4ccccc4n3c2N2CCN(c3ccccc3F)CC2)CC1. The van der Waals surface area contributed by atoms with Gasteiger partial charge in [0.05, 0.1) is 22.4 Å². The molecule has 6 nitrogen and oxygen atoms in total. The van der Waals surface area contributed by atoms with E-state index < -0.39 is 0 Å². The van der Waals surface area contributed by atoms with Crippen LogP contribution in [0.2, 0.25) is 0 Å². The fourth-order valence-corrected chi connectivity index (χ4v) is 6.38. The Hall–Kier alpha value is -4.17. The summed E-state index contributed by atoms with van der Waals surface area (Å²) in [6.45, 7) is 7.48. The Balaban J connectivity index is 1.12. The highest BCUT2D eigenvalue weighted by Gasteiger charge is 2.25. The van der Waals surface area contributed by atoms with Gasteiger partial charge in [0.15, 0.2) is 0 Å². The van der Waals surface area contributed by atoms with Crippen molar-refractivity contribution in [2.45, 2.75) is 6.42 Å². The van der Waals surface area contributed by atoms with E-state index in [1.807, 2.05) is 30.3 Å². The predicted molar refractivity (Wildman–Crippen MR) is 162 cm³/mol. The van der Waals surface area contributed by atoms with Crippen molar-refractivity contribution in [1.29, 1.82) is 0 Å².